The first-order valence-corrected chi connectivity index (χ1v) is 6.48. The second-order valence-corrected chi connectivity index (χ2v) is 5.49. The van der Waals surface area contributed by atoms with Crippen molar-refractivity contribution in [3.8, 4) is 0 Å². The van der Waals surface area contributed by atoms with E-state index in [2.05, 4.69) is 10.3 Å². The first kappa shape index (κ1) is 14.7. The Morgan fingerprint density at radius 3 is 2.55 bits per heavy atom. The summed E-state index contributed by atoms with van der Waals surface area (Å²) in [6.45, 7) is 3.34. The number of nitrogens with zero attached hydrogens (tertiary/aromatic N) is 1. The minimum absolute atomic E-state index is 0.0829. The van der Waals surface area contributed by atoms with Crippen LogP contribution in [0.25, 0.3) is 10.2 Å². The predicted molar refractivity (Wildman–Crippen MR) is 68.0 cm³/mol. The third-order valence-corrected chi connectivity index (χ3v) is 3.47. The molecule has 8 heteroatoms. The van der Waals surface area contributed by atoms with Gasteiger partial charge in [0, 0.05) is 12.0 Å². The Kier molecular flexibility index (Phi) is 3.68. The Hall–Kier alpha value is -1.70. The lowest BCUT2D eigenvalue weighted by Gasteiger charge is -2.06. The predicted octanol–water partition coefficient (Wildman–Crippen LogP) is 4.05. The Morgan fingerprint density at radius 2 is 2.00 bits per heavy atom. The number of benzene rings is 1. The number of carbonyl (C=O) groups is 1. The average molecular weight is 306 g/mol. The number of anilines is 1. The van der Waals surface area contributed by atoms with Crippen LogP contribution in [0.1, 0.15) is 19.4 Å². The fourth-order valence-electron chi connectivity index (χ4n) is 1.47. The van der Waals surface area contributed by atoms with Crippen LogP contribution in [0.4, 0.5) is 22.7 Å². The van der Waals surface area contributed by atoms with Crippen molar-refractivity contribution in [2.45, 2.75) is 20.0 Å². The minimum Gasteiger partial charge on any atom is -0.302 e. The van der Waals surface area contributed by atoms with E-state index in [0.717, 1.165) is 17.4 Å². The molecule has 0 saturated carbocycles. The van der Waals surface area contributed by atoms with Crippen molar-refractivity contribution in [3.05, 3.63) is 23.5 Å². The second kappa shape index (κ2) is 5.01. The van der Waals surface area contributed by atoms with Crippen LogP contribution in [0.15, 0.2) is 12.1 Å². The van der Waals surface area contributed by atoms with E-state index >= 15 is 0 Å². The van der Waals surface area contributed by atoms with Crippen molar-refractivity contribution < 1.29 is 22.4 Å². The maximum absolute atomic E-state index is 13.4. The number of carbonyl (C=O) groups excluding carboxylic acids is 1. The van der Waals surface area contributed by atoms with Crippen LogP contribution in [0.2, 0.25) is 0 Å². The average Bonchev–Trinajstić information content (AvgIpc) is 2.67. The van der Waals surface area contributed by atoms with E-state index in [4.69, 9.17) is 0 Å². The smallest absolute Gasteiger partial charge is 0.302 e. The van der Waals surface area contributed by atoms with Gasteiger partial charge in [-0.3, -0.25) is 4.79 Å². The third-order valence-electron chi connectivity index (χ3n) is 2.54. The number of rotatable bonds is 2. The lowest BCUT2D eigenvalue weighted by molar-refractivity contribution is -0.139. The highest BCUT2D eigenvalue weighted by Gasteiger charge is 2.34. The Bertz CT molecular complexity index is 663. The highest BCUT2D eigenvalue weighted by atomic mass is 32.1. The van der Waals surface area contributed by atoms with Gasteiger partial charge < -0.3 is 5.32 Å². The summed E-state index contributed by atoms with van der Waals surface area (Å²) in [6.07, 6.45) is -4.76. The molecule has 0 radical (unpaired) electrons. The molecule has 3 nitrogen and oxygen atoms in total. The van der Waals surface area contributed by atoms with Crippen molar-refractivity contribution in [1.82, 2.24) is 4.98 Å². The maximum atomic E-state index is 13.4. The van der Waals surface area contributed by atoms with E-state index in [1.807, 2.05) is 0 Å². The SMILES string of the molecule is CC(C)C(=O)Nc1nc2cc(F)c(C(F)(F)F)cc2s1. The molecular weight excluding hydrogens is 296 g/mol. The summed E-state index contributed by atoms with van der Waals surface area (Å²) in [7, 11) is 0. The molecule has 1 amide bonds. The minimum atomic E-state index is -4.76. The number of thiazole rings is 1. The molecule has 0 aliphatic rings. The summed E-state index contributed by atoms with van der Waals surface area (Å²) >= 11 is 0.872. The fraction of sp³-hybridized carbons (Fsp3) is 0.333. The monoisotopic (exact) mass is 306 g/mol. The Labute approximate surface area is 115 Å². The van der Waals surface area contributed by atoms with Crippen LogP contribution >= 0.6 is 11.3 Å². The first-order valence-electron chi connectivity index (χ1n) is 5.66. The number of aromatic nitrogens is 1. The van der Waals surface area contributed by atoms with Gasteiger partial charge in [-0.25, -0.2) is 9.37 Å². The molecule has 0 bridgehead atoms. The zero-order valence-corrected chi connectivity index (χ0v) is 11.3. The topological polar surface area (TPSA) is 42.0 Å². The van der Waals surface area contributed by atoms with Crippen molar-refractivity contribution in [3.63, 3.8) is 0 Å². The van der Waals surface area contributed by atoms with Gasteiger partial charge in [0.05, 0.1) is 15.8 Å². The zero-order valence-electron chi connectivity index (χ0n) is 10.5. The highest BCUT2D eigenvalue weighted by molar-refractivity contribution is 7.22. The van der Waals surface area contributed by atoms with Crippen molar-refractivity contribution in [1.29, 1.82) is 0 Å². The van der Waals surface area contributed by atoms with Gasteiger partial charge in [0.25, 0.3) is 0 Å². The summed E-state index contributed by atoms with van der Waals surface area (Å²) in [4.78, 5) is 15.4. The molecule has 20 heavy (non-hydrogen) atoms. The van der Waals surface area contributed by atoms with E-state index in [9.17, 15) is 22.4 Å². The summed E-state index contributed by atoms with van der Waals surface area (Å²) in [6, 6.07) is 1.42. The van der Waals surface area contributed by atoms with Gasteiger partial charge >= 0.3 is 6.18 Å². The van der Waals surface area contributed by atoms with Crippen LogP contribution in [0.3, 0.4) is 0 Å². The second-order valence-electron chi connectivity index (χ2n) is 4.46. The van der Waals surface area contributed by atoms with Crippen molar-refractivity contribution in [2.75, 3.05) is 5.32 Å². The number of amides is 1. The number of hydrogen-bond donors (Lipinski definition) is 1. The summed E-state index contributed by atoms with van der Waals surface area (Å²) in [5, 5.41) is 2.62. The van der Waals surface area contributed by atoms with Crippen LogP contribution < -0.4 is 5.32 Å². The molecule has 1 aromatic carbocycles. The lowest BCUT2D eigenvalue weighted by Crippen LogP contribution is -2.17. The molecular formula is C12H10F4N2OS. The van der Waals surface area contributed by atoms with E-state index in [1.165, 1.54) is 0 Å². The number of hydrogen-bond acceptors (Lipinski definition) is 3. The van der Waals surface area contributed by atoms with Gasteiger partial charge in [0.1, 0.15) is 5.82 Å². The van der Waals surface area contributed by atoms with Crippen molar-refractivity contribution >= 4 is 32.6 Å². The van der Waals surface area contributed by atoms with Crippen LogP contribution in [0.5, 0.6) is 0 Å². The summed E-state index contributed by atoms with van der Waals surface area (Å²) in [5.41, 5.74) is -1.25. The van der Waals surface area contributed by atoms with Crippen LogP contribution in [-0.4, -0.2) is 10.9 Å². The van der Waals surface area contributed by atoms with Gasteiger partial charge in [-0.15, -0.1) is 0 Å². The molecule has 0 spiro atoms. The first-order chi connectivity index (χ1) is 9.18. The Morgan fingerprint density at radius 1 is 1.35 bits per heavy atom. The van der Waals surface area contributed by atoms with Gasteiger partial charge in [-0.2, -0.15) is 13.2 Å². The van der Waals surface area contributed by atoms with E-state index in [0.29, 0.717) is 6.07 Å². The molecule has 0 saturated heterocycles. The summed E-state index contributed by atoms with van der Waals surface area (Å²) < 4.78 is 51.3. The third kappa shape index (κ3) is 2.90. The molecule has 0 aliphatic carbocycles. The molecule has 0 aliphatic heterocycles. The number of alkyl halides is 3. The van der Waals surface area contributed by atoms with Gasteiger partial charge in [-0.1, -0.05) is 25.2 Å². The fourth-order valence-corrected chi connectivity index (χ4v) is 2.36. The molecule has 0 fully saturated rings. The molecule has 0 atom stereocenters. The van der Waals surface area contributed by atoms with Gasteiger partial charge in [0.2, 0.25) is 5.91 Å². The molecule has 1 aromatic heterocycles. The summed E-state index contributed by atoms with van der Waals surface area (Å²) in [5.74, 6) is -1.97. The molecule has 1 N–H and O–H groups in total. The van der Waals surface area contributed by atoms with E-state index in [1.54, 1.807) is 13.8 Å². The highest BCUT2D eigenvalue weighted by Crippen LogP contribution is 2.36. The molecule has 1 heterocycles. The van der Waals surface area contributed by atoms with E-state index in [-0.39, 0.29) is 27.2 Å². The van der Waals surface area contributed by atoms with Crippen molar-refractivity contribution in [2.24, 2.45) is 5.92 Å². The Balaban J connectivity index is 2.42. The number of halogens is 4. The zero-order chi connectivity index (χ0) is 15.1. The molecule has 2 rings (SSSR count). The molecule has 108 valence electrons. The molecule has 0 unspecified atom stereocenters. The van der Waals surface area contributed by atoms with Gasteiger partial charge in [0.15, 0.2) is 5.13 Å². The maximum Gasteiger partial charge on any atom is 0.419 e. The normalized spacial score (nSPS) is 12.2. The molecule has 2 aromatic rings. The van der Waals surface area contributed by atoms with E-state index < -0.39 is 17.6 Å². The largest absolute Gasteiger partial charge is 0.419 e. The number of fused-ring (bicyclic) bond motifs is 1. The standard InChI is InChI=1S/C12H10F4N2OS/c1-5(2)10(19)18-11-17-8-4-7(13)6(12(14,15)16)3-9(8)20-11/h3-5H,1-2H3,(H,17,18,19). The van der Waals surface area contributed by atoms with Crippen LogP contribution in [-0.2, 0) is 11.0 Å². The van der Waals surface area contributed by atoms with Gasteiger partial charge in [-0.05, 0) is 6.07 Å². The van der Waals surface area contributed by atoms with Crippen LogP contribution in [0, 0.1) is 11.7 Å². The lowest BCUT2D eigenvalue weighted by atomic mass is 10.2. The quantitative estimate of drug-likeness (QED) is 0.851. The number of nitrogens with one attached hydrogen (secondary N) is 1.